The Labute approximate surface area is 90.3 Å². The minimum absolute atomic E-state index is 0.167. The van der Waals surface area contributed by atoms with Crippen LogP contribution in [0.2, 0.25) is 0 Å². The number of hydrogen-bond donors (Lipinski definition) is 0. The zero-order valence-corrected chi connectivity index (χ0v) is 8.23. The first kappa shape index (κ1) is 10.5. The van der Waals surface area contributed by atoms with E-state index in [1.807, 2.05) is 0 Å². The molecule has 0 saturated heterocycles. The molecule has 0 bridgehead atoms. The van der Waals surface area contributed by atoms with E-state index < -0.39 is 11.6 Å². The third-order valence-electron chi connectivity index (χ3n) is 2.14. The molecule has 82 valence electrons. The van der Waals surface area contributed by atoms with Crippen molar-refractivity contribution in [1.29, 1.82) is 0 Å². The van der Waals surface area contributed by atoms with Crippen molar-refractivity contribution in [2.75, 3.05) is 0 Å². The van der Waals surface area contributed by atoms with Gasteiger partial charge in [-0.3, -0.25) is 9.48 Å². The second-order valence-electron chi connectivity index (χ2n) is 3.32. The lowest BCUT2D eigenvalue weighted by molar-refractivity contribution is 0.112. The first-order chi connectivity index (χ1) is 7.69. The van der Waals surface area contributed by atoms with Gasteiger partial charge >= 0.3 is 0 Å². The van der Waals surface area contributed by atoms with Gasteiger partial charge in [0.1, 0.15) is 11.6 Å². The zero-order valence-electron chi connectivity index (χ0n) is 8.23. The van der Waals surface area contributed by atoms with E-state index in [4.69, 9.17) is 0 Å². The maximum absolute atomic E-state index is 13.3. The van der Waals surface area contributed by atoms with E-state index in [0.29, 0.717) is 17.4 Å². The summed E-state index contributed by atoms with van der Waals surface area (Å²) in [5, 5.41) is 3.87. The standard InChI is InChI=1S/C11H8F2N2O/c12-10-2-1-9(11(13)3-10)6-15-5-8(7-16)4-14-15/h1-5,7H,6H2. The van der Waals surface area contributed by atoms with Gasteiger partial charge in [0.2, 0.25) is 0 Å². The van der Waals surface area contributed by atoms with Crippen molar-refractivity contribution < 1.29 is 13.6 Å². The molecule has 0 spiro atoms. The van der Waals surface area contributed by atoms with E-state index >= 15 is 0 Å². The van der Waals surface area contributed by atoms with Crippen molar-refractivity contribution >= 4 is 6.29 Å². The summed E-state index contributed by atoms with van der Waals surface area (Å²) < 4.78 is 27.3. The molecule has 2 aromatic rings. The number of carbonyl (C=O) groups is 1. The fourth-order valence-corrected chi connectivity index (χ4v) is 1.35. The van der Waals surface area contributed by atoms with Crippen LogP contribution < -0.4 is 0 Å². The number of nitrogens with zero attached hydrogens (tertiary/aromatic N) is 2. The number of carbonyl (C=O) groups excluding carboxylic acids is 1. The van der Waals surface area contributed by atoms with Crippen LogP contribution in [0.3, 0.4) is 0 Å². The molecule has 0 fully saturated rings. The molecule has 1 heterocycles. The number of aldehydes is 1. The molecule has 0 aliphatic heterocycles. The van der Waals surface area contributed by atoms with Crippen molar-refractivity contribution in [3.8, 4) is 0 Å². The van der Waals surface area contributed by atoms with E-state index in [9.17, 15) is 13.6 Å². The molecular formula is C11H8F2N2O. The molecule has 0 atom stereocenters. The molecule has 2 rings (SSSR count). The molecular weight excluding hydrogens is 214 g/mol. The SMILES string of the molecule is O=Cc1cnn(Cc2ccc(F)cc2F)c1. The third kappa shape index (κ3) is 2.13. The van der Waals surface area contributed by atoms with Crippen molar-refractivity contribution in [2.24, 2.45) is 0 Å². The van der Waals surface area contributed by atoms with Crippen LogP contribution in [0.4, 0.5) is 8.78 Å². The highest BCUT2D eigenvalue weighted by atomic mass is 19.1. The van der Waals surface area contributed by atoms with Crippen molar-refractivity contribution in [3.63, 3.8) is 0 Å². The van der Waals surface area contributed by atoms with E-state index in [2.05, 4.69) is 5.10 Å². The van der Waals surface area contributed by atoms with Gasteiger partial charge in [0.15, 0.2) is 6.29 Å². The van der Waals surface area contributed by atoms with Gasteiger partial charge in [-0.2, -0.15) is 5.10 Å². The summed E-state index contributed by atoms with van der Waals surface area (Å²) in [5.74, 6) is -1.24. The van der Waals surface area contributed by atoms with Gasteiger partial charge in [-0.05, 0) is 6.07 Å². The summed E-state index contributed by atoms with van der Waals surface area (Å²) in [6.45, 7) is 0.167. The van der Waals surface area contributed by atoms with Crippen LogP contribution in [-0.4, -0.2) is 16.1 Å². The first-order valence-electron chi connectivity index (χ1n) is 4.60. The highest BCUT2D eigenvalue weighted by Gasteiger charge is 2.05. The monoisotopic (exact) mass is 222 g/mol. The van der Waals surface area contributed by atoms with Gasteiger partial charge in [-0.1, -0.05) is 6.07 Å². The number of halogens is 2. The second-order valence-corrected chi connectivity index (χ2v) is 3.32. The first-order valence-corrected chi connectivity index (χ1v) is 4.60. The molecule has 0 saturated carbocycles. The van der Waals surface area contributed by atoms with Gasteiger partial charge in [-0.25, -0.2) is 8.78 Å². The van der Waals surface area contributed by atoms with E-state index in [-0.39, 0.29) is 6.54 Å². The lowest BCUT2D eigenvalue weighted by Crippen LogP contribution is -2.02. The van der Waals surface area contributed by atoms with Crippen molar-refractivity contribution in [3.05, 3.63) is 53.4 Å². The lowest BCUT2D eigenvalue weighted by Gasteiger charge is -2.03. The Hall–Kier alpha value is -2.04. The smallest absolute Gasteiger partial charge is 0.153 e. The Bertz CT molecular complexity index is 522. The molecule has 3 nitrogen and oxygen atoms in total. The van der Waals surface area contributed by atoms with Crippen LogP contribution in [0.15, 0.2) is 30.6 Å². The van der Waals surface area contributed by atoms with Gasteiger partial charge in [0, 0.05) is 17.8 Å². The molecule has 0 amide bonds. The van der Waals surface area contributed by atoms with Gasteiger partial charge in [-0.15, -0.1) is 0 Å². The highest BCUT2D eigenvalue weighted by molar-refractivity contribution is 5.73. The molecule has 1 aromatic heterocycles. The van der Waals surface area contributed by atoms with Crippen molar-refractivity contribution in [2.45, 2.75) is 6.54 Å². The second kappa shape index (κ2) is 4.22. The number of benzene rings is 1. The summed E-state index contributed by atoms with van der Waals surface area (Å²) in [6, 6.07) is 3.36. The van der Waals surface area contributed by atoms with E-state index in [0.717, 1.165) is 6.07 Å². The quantitative estimate of drug-likeness (QED) is 0.744. The maximum atomic E-state index is 13.3. The van der Waals surface area contributed by atoms with Gasteiger partial charge in [0.25, 0.3) is 0 Å². The fourth-order valence-electron chi connectivity index (χ4n) is 1.35. The third-order valence-corrected chi connectivity index (χ3v) is 2.14. The fraction of sp³-hybridized carbons (Fsp3) is 0.0909. The minimum atomic E-state index is -0.622. The van der Waals surface area contributed by atoms with E-state index in [1.165, 1.54) is 29.2 Å². The zero-order chi connectivity index (χ0) is 11.5. The normalized spacial score (nSPS) is 10.4. The van der Waals surface area contributed by atoms with Crippen LogP contribution in [0.5, 0.6) is 0 Å². The van der Waals surface area contributed by atoms with Crippen LogP contribution in [0, 0.1) is 11.6 Å². The Morgan fingerprint density at radius 3 is 2.81 bits per heavy atom. The molecule has 0 N–H and O–H groups in total. The summed E-state index contributed by atoms with van der Waals surface area (Å²) in [5.41, 5.74) is 0.740. The molecule has 0 radical (unpaired) electrons. The largest absolute Gasteiger partial charge is 0.298 e. The van der Waals surface area contributed by atoms with Crippen LogP contribution >= 0.6 is 0 Å². The molecule has 16 heavy (non-hydrogen) atoms. The summed E-state index contributed by atoms with van der Waals surface area (Å²) >= 11 is 0. The average molecular weight is 222 g/mol. The topological polar surface area (TPSA) is 34.9 Å². The minimum Gasteiger partial charge on any atom is -0.298 e. The predicted octanol–water partition coefficient (Wildman–Crippen LogP) is 2.02. The maximum Gasteiger partial charge on any atom is 0.153 e. The van der Waals surface area contributed by atoms with Gasteiger partial charge in [0.05, 0.1) is 18.3 Å². The summed E-state index contributed by atoms with van der Waals surface area (Å²) in [6.07, 6.45) is 3.54. The number of hydrogen-bond acceptors (Lipinski definition) is 2. The number of aromatic nitrogens is 2. The Kier molecular flexibility index (Phi) is 2.76. The molecule has 1 aromatic carbocycles. The summed E-state index contributed by atoms with van der Waals surface area (Å²) in [4.78, 5) is 10.4. The van der Waals surface area contributed by atoms with Crippen LogP contribution in [0.1, 0.15) is 15.9 Å². The van der Waals surface area contributed by atoms with Crippen molar-refractivity contribution in [1.82, 2.24) is 9.78 Å². The summed E-state index contributed by atoms with van der Waals surface area (Å²) in [7, 11) is 0. The van der Waals surface area contributed by atoms with E-state index in [1.54, 1.807) is 0 Å². The Morgan fingerprint density at radius 2 is 2.19 bits per heavy atom. The molecule has 0 aliphatic rings. The molecule has 0 unspecified atom stereocenters. The average Bonchev–Trinajstić information content (AvgIpc) is 2.70. The van der Waals surface area contributed by atoms with Crippen LogP contribution in [0.25, 0.3) is 0 Å². The van der Waals surface area contributed by atoms with Crippen LogP contribution in [-0.2, 0) is 6.54 Å². The molecule has 5 heteroatoms. The highest BCUT2D eigenvalue weighted by Crippen LogP contribution is 2.11. The Balaban J connectivity index is 2.23. The Morgan fingerprint density at radius 1 is 1.38 bits per heavy atom. The predicted molar refractivity (Wildman–Crippen MR) is 53.1 cm³/mol. The van der Waals surface area contributed by atoms with Gasteiger partial charge < -0.3 is 0 Å². The lowest BCUT2D eigenvalue weighted by atomic mass is 10.2. The molecule has 0 aliphatic carbocycles. The number of rotatable bonds is 3.